The highest BCUT2D eigenvalue weighted by Gasteiger charge is 2.23. The number of hydrogen-bond acceptors (Lipinski definition) is 8. The number of fused-ring (bicyclic) bond motifs is 3. The highest BCUT2D eigenvalue weighted by atomic mass is 32.1. The van der Waals surface area contributed by atoms with Gasteiger partial charge >= 0.3 is 5.97 Å². The second-order valence-corrected chi connectivity index (χ2v) is 7.96. The molecule has 3 aromatic rings. The number of nitrogens with one attached hydrogen (secondary N) is 1. The molecular formula is C21H23N3O4S. The van der Waals surface area contributed by atoms with Crippen molar-refractivity contribution in [1.29, 1.82) is 0 Å². The number of carbonyl (C=O) groups is 1. The fraction of sp³-hybridized carbons (Fsp3) is 0.381. The Bertz CT molecular complexity index is 1090. The van der Waals surface area contributed by atoms with Crippen molar-refractivity contribution < 1.29 is 19.0 Å². The van der Waals surface area contributed by atoms with Crippen molar-refractivity contribution in [1.82, 2.24) is 9.97 Å². The maximum absolute atomic E-state index is 12.4. The van der Waals surface area contributed by atoms with E-state index in [0.29, 0.717) is 34.4 Å². The summed E-state index contributed by atoms with van der Waals surface area (Å²) in [5.74, 6) is 1.87. The normalized spacial score (nSPS) is 13.1. The van der Waals surface area contributed by atoms with Crippen LogP contribution in [0.2, 0.25) is 0 Å². The number of nitrogens with zero attached hydrogens (tertiary/aromatic N) is 2. The standard InChI is InChI=1S/C21H23N3O4S/c1-11-22-19(18-12-7-5-6-8-17(12)29-20(18)23-11)24-14-10-16(27-3)15(26-2)9-13(14)21(25)28-4/h9-10H,5-8H2,1-4H3,(H,22,23,24). The number of thiophene rings is 1. The Balaban J connectivity index is 1.88. The second kappa shape index (κ2) is 7.87. The Morgan fingerprint density at radius 3 is 2.52 bits per heavy atom. The smallest absolute Gasteiger partial charge is 0.340 e. The van der Waals surface area contributed by atoms with Gasteiger partial charge in [-0.2, -0.15) is 0 Å². The van der Waals surface area contributed by atoms with E-state index in [1.807, 2.05) is 6.92 Å². The van der Waals surface area contributed by atoms with Crippen molar-refractivity contribution in [2.45, 2.75) is 32.6 Å². The first kappa shape index (κ1) is 19.4. The number of aryl methyl sites for hydroxylation is 3. The zero-order valence-electron chi connectivity index (χ0n) is 16.9. The third-order valence-electron chi connectivity index (χ3n) is 5.11. The van der Waals surface area contributed by atoms with Crippen molar-refractivity contribution in [2.75, 3.05) is 26.6 Å². The summed E-state index contributed by atoms with van der Waals surface area (Å²) in [6.45, 7) is 1.87. The van der Waals surface area contributed by atoms with Gasteiger partial charge in [0.05, 0.1) is 38.0 Å². The molecular weight excluding hydrogens is 390 g/mol. The van der Waals surface area contributed by atoms with Gasteiger partial charge in [0, 0.05) is 17.0 Å². The molecule has 1 aromatic carbocycles. The van der Waals surface area contributed by atoms with E-state index in [-0.39, 0.29) is 0 Å². The van der Waals surface area contributed by atoms with Crippen LogP contribution in [0, 0.1) is 6.92 Å². The van der Waals surface area contributed by atoms with E-state index in [1.54, 1.807) is 30.6 Å². The van der Waals surface area contributed by atoms with Gasteiger partial charge in [-0.05, 0) is 38.2 Å². The molecule has 0 saturated heterocycles. The minimum atomic E-state index is -0.470. The Morgan fingerprint density at radius 2 is 1.79 bits per heavy atom. The topological polar surface area (TPSA) is 82.6 Å². The van der Waals surface area contributed by atoms with Crippen LogP contribution in [0.1, 0.15) is 39.5 Å². The van der Waals surface area contributed by atoms with Crippen LogP contribution in [0.3, 0.4) is 0 Å². The SMILES string of the molecule is COC(=O)c1cc(OC)c(OC)cc1Nc1nc(C)nc2sc3c(c12)CCCC3. The van der Waals surface area contributed by atoms with E-state index < -0.39 is 5.97 Å². The second-order valence-electron chi connectivity index (χ2n) is 6.88. The average molecular weight is 413 g/mol. The molecule has 0 amide bonds. The summed E-state index contributed by atoms with van der Waals surface area (Å²) >= 11 is 1.74. The van der Waals surface area contributed by atoms with E-state index in [4.69, 9.17) is 14.2 Å². The number of rotatable bonds is 5. The molecule has 4 rings (SSSR count). The molecule has 0 unspecified atom stereocenters. The van der Waals surface area contributed by atoms with Gasteiger partial charge in [-0.15, -0.1) is 11.3 Å². The Hall–Kier alpha value is -2.87. The summed E-state index contributed by atoms with van der Waals surface area (Å²) < 4.78 is 15.7. The first-order valence-electron chi connectivity index (χ1n) is 9.46. The summed E-state index contributed by atoms with van der Waals surface area (Å²) in [5.41, 5.74) is 2.21. The summed E-state index contributed by atoms with van der Waals surface area (Å²) in [6, 6.07) is 3.34. The Morgan fingerprint density at radius 1 is 1.07 bits per heavy atom. The number of aromatic nitrogens is 2. The van der Waals surface area contributed by atoms with Gasteiger partial charge in [-0.1, -0.05) is 0 Å². The van der Waals surface area contributed by atoms with E-state index in [0.717, 1.165) is 29.5 Å². The van der Waals surface area contributed by atoms with Crippen molar-refractivity contribution in [3.8, 4) is 11.5 Å². The molecule has 8 heteroatoms. The van der Waals surface area contributed by atoms with Gasteiger partial charge in [0.2, 0.25) is 0 Å². The molecule has 0 saturated carbocycles. The summed E-state index contributed by atoms with van der Waals surface area (Å²) in [4.78, 5) is 24.1. The molecule has 7 nitrogen and oxygen atoms in total. The van der Waals surface area contributed by atoms with Crippen LogP contribution < -0.4 is 14.8 Å². The third kappa shape index (κ3) is 3.48. The molecule has 0 fully saturated rings. The molecule has 0 bridgehead atoms. The fourth-order valence-corrected chi connectivity index (χ4v) is 5.05. The van der Waals surface area contributed by atoms with E-state index in [1.165, 1.54) is 31.1 Å². The molecule has 1 aliphatic carbocycles. The fourth-order valence-electron chi connectivity index (χ4n) is 3.74. The van der Waals surface area contributed by atoms with E-state index in [2.05, 4.69) is 15.3 Å². The summed E-state index contributed by atoms with van der Waals surface area (Å²) in [7, 11) is 4.44. The number of benzene rings is 1. The number of anilines is 2. The minimum Gasteiger partial charge on any atom is -0.493 e. The molecule has 29 heavy (non-hydrogen) atoms. The van der Waals surface area contributed by atoms with Gasteiger partial charge in [-0.3, -0.25) is 0 Å². The van der Waals surface area contributed by atoms with Crippen molar-refractivity contribution in [3.05, 3.63) is 34.0 Å². The maximum atomic E-state index is 12.4. The summed E-state index contributed by atoms with van der Waals surface area (Å²) in [5, 5.41) is 4.40. The van der Waals surface area contributed by atoms with E-state index in [9.17, 15) is 4.79 Å². The number of ether oxygens (including phenoxy) is 3. The number of hydrogen-bond donors (Lipinski definition) is 1. The largest absolute Gasteiger partial charge is 0.493 e. The van der Waals surface area contributed by atoms with E-state index >= 15 is 0 Å². The van der Waals surface area contributed by atoms with Gasteiger partial charge in [0.15, 0.2) is 11.5 Å². The maximum Gasteiger partial charge on any atom is 0.340 e. The van der Waals surface area contributed by atoms with Crippen LogP contribution in [-0.4, -0.2) is 37.3 Å². The van der Waals surface area contributed by atoms with Gasteiger partial charge in [0.25, 0.3) is 0 Å². The van der Waals surface area contributed by atoms with Gasteiger partial charge < -0.3 is 19.5 Å². The lowest BCUT2D eigenvalue weighted by atomic mass is 9.97. The molecule has 0 spiro atoms. The molecule has 2 aromatic heterocycles. The lowest BCUT2D eigenvalue weighted by molar-refractivity contribution is 0.0601. The molecule has 0 radical (unpaired) electrons. The molecule has 1 N–H and O–H groups in total. The van der Waals surface area contributed by atoms with Crippen molar-refractivity contribution >= 4 is 39.0 Å². The van der Waals surface area contributed by atoms with Crippen molar-refractivity contribution in [3.63, 3.8) is 0 Å². The van der Waals surface area contributed by atoms with Gasteiger partial charge in [-0.25, -0.2) is 14.8 Å². The molecule has 1 aliphatic rings. The van der Waals surface area contributed by atoms with Crippen LogP contribution in [0.25, 0.3) is 10.2 Å². The third-order valence-corrected chi connectivity index (χ3v) is 6.29. The van der Waals surface area contributed by atoms with Crippen LogP contribution >= 0.6 is 11.3 Å². The number of esters is 1. The van der Waals surface area contributed by atoms with Crippen molar-refractivity contribution in [2.24, 2.45) is 0 Å². The first-order valence-corrected chi connectivity index (χ1v) is 10.3. The first-order chi connectivity index (χ1) is 14.0. The monoisotopic (exact) mass is 413 g/mol. The number of methoxy groups -OCH3 is 3. The van der Waals surface area contributed by atoms with Crippen LogP contribution in [0.15, 0.2) is 12.1 Å². The zero-order chi connectivity index (χ0) is 20.5. The summed E-state index contributed by atoms with van der Waals surface area (Å²) in [6.07, 6.45) is 4.47. The molecule has 2 heterocycles. The lowest BCUT2D eigenvalue weighted by Crippen LogP contribution is -2.09. The van der Waals surface area contributed by atoms with Crippen LogP contribution in [-0.2, 0) is 17.6 Å². The zero-order valence-corrected chi connectivity index (χ0v) is 17.7. The highest BCUT2D eigenvalue weighted by molar-refractivity contribution is 7.19. The van der Waals surface area contributed by atoms with Gasteiger partial charge in [0.1, 0.15) is 16.5 Å². The Labute approximate surface area is 173 Å². The molecule has 0 atom stereocenters. The average Bonchev–Trinajstić information content (AvgIpc) is 3.10. The quantitative estimate of drug-likeness (QED) is 0.620. The lowest BCUT2D eigenvalue weighted by Gasteiger charge is -2.16. The van der Waals surface area contributed by atoms with Crippen LogP contribution in [0.5, 0.6) is 11.5 Å². The number of carbonyl (C=O) groups excluding carboxylic acids is 1. The molecule has 0 aliphatic heterocycles. The van der Waals surface area contributed by atoms with Crippen LogP contribution in [0.4, 0.5) is 11.5 Å². The highest BCUT2D eigenvalue weighted by Crippen LogP contribution is 2.41. The molecule has 152 valence electrons. The Kier molecular flexibility index (Phi) is 5.27. The predicted octanol–water partition coefficient (Wildman–Crippen LogP) is 4.43. The predicted molar refractivity (Wildman–Crippen MR) is 113 cm³/mol. The minimum absolute atomic E-state index is 0.346.